The van der Waals surface area contributed by atoms with Gasteiger partial charge in [0.15, 0.2) is 0 Å². The molecule has 1 aromatic heterocycles. The molecule has 0 spiro atoms. The van der Waals surface area contributed by atoms with E-state index in [0.717, 1.165) is 19.4 Å². The number of aliphatic hydroxyl groups excluding tert-OH is 1. The van der Waals surface area contributed by atoms with Crippen molar-refractivity contribution in [2.75, 3.05) is 13.2 Å². The summed E-state index contributed by atoms with van der Waals surface area (Å²) in [5.74, 6) is 0.118. The number of rotatable bonds is 4. The summed E-state index contributed by atoms with van der Waals surface area (Å²) in [6.07, 6.45) is 5.93. The molecular formula is C11H17N3O2. The summed E-state index contributed by atoms with van der Waals surface area (Å²) in [7, 11) is 0. The fourth-order valence-corrected chi connectivity index (χ4v) is 2.14. The first-order chi connectivity index (χ1) is 7.81. The van der Waals surface area contributed by atoms with E-state index in [1.807, 2.05) is 12.3 Å². The van der Waals surface area contributed by atoms with Gasteiger partial charge >= 0.3 is 0 Å². The molecule has 2 rings (SSSR count). The molecule has 0 aromatic carbocycles. The number of amides is 1. The summed E-state index contributed by atoms with van der Waals surface area (Å²) < 4.78 is 1.75. The van der Waals surface area contributed by atoms with Crippen LogP contribution in [-0.2, 0) is 11.3 Å². The maximum absolute atomic E-state index is 11.9. The van der Waals surface area contributed by atoms with Crippen LogP contribution in [-0.4, -0.2) is 44.9 Å². The van der Waals surface area contributed by atoms with Gasteiger partial charge in [0.2, 0.25) is 5.91 Å². The number of aliphatic hydroxyl groups is 1. The summed E-state index contributed by atoms with van der Waals surface area (Å²) in [5.41, 5.74) is 0. The molecule has 1 aliphatic heterocycles. The molecule has 88 valence electrons. The smallest absolute Gasteiger partial charge is 0.224 e. The van der Waals surface area contributed by atoms with Gasteiger partial charge in [0.1, 0.15) is 0 Å². The molecule has 0 aliphatic carbocycles. The van der Waals surface area contributed by atoms with E-state index in [-0.39, 0.29) is 18.6 Å². The third-order valence-corrected chi connectivity index (χ3v) is 3.02. The van der Waals surface area contributed by atoms with Crippen molar-refractivity contribution in [3.8, 4) is 0 Å². The average Bonchev–Trinajstić information content (AvgIpc) is 2.96. The van der Waals surface area contributed by atoms with Crippen molar-refractivity contribution in [3.63, 3.8) is 0 Å². The average molecular weight is 223 g/mol. The van der Waals surface area contributed by atoms with Crippen LogP contribution in [0.25, 0.3) is 0 Å². The second-order valence-electron chi connectivity index (χ2n) is 4.08. The Bertz CT molecular complexity index is 337. The van der Waals surface area contributed by atoms with Gasteiger partial charge in [-0.25, -0.2) is 0 Å². The van der Waals surface area contributed by atoms with Gasteiger partial charge in [-0.3, -0.25) is 9.48 Å². The number of carbonyl (C=O) groups is 1. The predicted molar refractivity (Wildman–Crippen MR) is 58.7 cm³/mol. The van der Waals surface area contributed by atoms with Gasteiger partial charge < -0.3 is 10.0 Å². The van der Waals surface area contributed by atoms with E-state index >= 15 is 0 Å². The molecule has 1 atom stereocenters. The largest absolute Gasteiger partial charge is 0.394 e. The van der Waals surface area contributed by atoms with E-state index in [1.54, 1.807) is 15.8 Å². The van der Waals surface area contributed by atoms with Crippen LogP contribution in [0.1, 0.15) is 19.3 Å². The first-order valence-electron chi connectivity index (χ1n) is 5.69. The lowest BCUT2D eigenvalue weighted by Gasteiger charge is -2.22. The Hall–Kier alpha value is -1.36. The van der Waals surface area contributed by atoms with Crippen molar-refractivity contribution in [3.05, 3.63) is 18.5 Å². The topological polar surface area (TPSA) is 58.4 Å². The molecule has 2 heterocycles. The normalized spacial score (nSPS) is 20.3. The van der Waals surface area contributed by atoms with Crippen LogP contribution < -0.4 is 0 Å². The van der Waals surface area contributed by atoms with Gasteiger partial charge in [0.05, 0.1) is 12.6 Å². The lowest BCUT2D eigenvalue weighted by Crippen LogP contribution is -2.38. The van der Waals surface area contributed by atoms with E-state index in [2.05, 4.69) is 5.10 Å². The zero-order valence-electron chi connectivity index (χ0n) is 9.25. The van der Waals surface area contributed by atoms with Gasteiger partial charge in [-0.2, -0.15) is 5.10 Å². The standard InChI is InChI=1S/C11H17N3O2/c15-9-10-3-1-7-14(10)11(16)4-8-13-6-2-5-12-13/h2,5-6,10,15H,1,3-4,7-9H2/t10-/m1/s1. The SMILES string of the molecule is O=C(CCn1cccn1)N1CCC[C@@H]1CO. The second-order valence-corrected chi connectivity index (χ2v) is 4.08. The van der Waals surface area contributed by atoms with Crippen LogP contribution in [0.3, 0.4) is 0 Å². The van der Waals surface area contributed by atoms with Crippen molar-refractivity contribution < 1.29 is 9.90 Å². The Labute approximate surface area is 94.7 Å². The van der Waals surface area contributed by atoms with E-state index in [0.29, 0.717) is 13.0 Å². The minimum Gasteiger partial charge on any atom is -0.394 e. The fourth-order valence-electron chi connectivity index (χ4n) is 2.14. The van der Waals surface area contributed by atoms with Crippen LogP contribution in [0.4, 0.5) is 0 Å². The Morgan fingerprint density at radius 1 is 1.56 bits per heavy atom. The molecule has 1 amide bonds. The van der Waals surface area contributed by atoms with Crippen LogP contribution in [0.2, 0.25) is 0 Å². The first kappa shape index (κ1) is 11.1. The fraction of sp³-hybridized carbons (Fsp3) is 0.636. The van der Waals surface area contributed by atoms with Crippen molar-refractivity contribution in [1.29, 1.82) is 0 Å². The molecule has 1 N–H and O–H groups in total. The quantitative estimate of drug-likeness (QED) is 0.796. The molecular weight excluding hydrogens is 206 g/mol. The van der Waals surface area contributed by atoms with E-state index in [1.165, 1.54) is 0 Å². The van der Waals surface area contributed by atoms with Gasteiger partial charge in [-0.15, -0.1) is 0 Å². The molecule has 0 saturated carbocycles. The highest BCUT2D eigenvalue weighted by molar-refractivity contribution is 5.76. The van der Waals surface area contributed by atoms with Crippen LogP contribution in [0.5, 0.6) is 0 Å². The molecule has 1 aromatic rings. The van der Waals surface area contributed by atoms with Crippen molar-refractivity contribution in [2.45, 2.75) is 31.8 Å². The molecule has 1 aliphatic rings. The third kappa shape index (κ3) is 2.41. The van der Waals surface area contributed by atoms with Gasteiger partial charge in [-0.05, 0) is 18.9 Å². The van der Waals surface area contributed by atoms with Gasteiger partial charge in [0.25, 0.3) is 0 Å². The number of likely N-dealkylation sites (tertiary alicyclic amines) is 1. The zero-order valence-corrected chi connectivity index (χ0v) is 9.25. The number of aryl methyl sites for hydroxylation is 1. The van der Waals surface area contributed by atoms with Crippen LogP contribution >= 0.6 is 0 Å². The Kier molecular flexibility index (Phi) is 3.56. The summed E-state index contributed by atoms with van der Waals surface area (Å²) in [5, 5.41) is 13.2. The monoisotopic (exact) mass is 223 g/mol. The van der Waals surface area contributed by atoms with E-state index in [4.69, 9.17) is 5.11 Å². The van der Waals surface area contributed by atoms with E-state index < -0.39 is 0 Å². The van der Waals surface area contributed by atoms with Crippen molar-refractivity contribution in [2.24, 2.45) is 0 Å². The summed E-state index contributed by atoms with van der Waals surface area (Å²) >= 11 is 0. The van der Waals surface area contributed by atoms with Crippen LogP contribution in [0, 0.1) is 0 Å². The second kappa shape index (κ2) is 5.12. The Morgan fingerprint density at radius 2 is 2.44 bits per heavy atom. The summed E-state index contributed by atoms with van der Waals surface area (Å²) in [6, 6.07) is 1.88. The highest BCUT2D eigenvalue weighted by Crippen LogP contribution is 2.17. The van der Waals surface area contributed by atoms with Gasteiger partial charge in [-0.1, -0.05) is 0 Å². The minimum absolute atomic E-state index is 0.0325. The van der Waals surface area contributed by atoms with Crippen molar-refractivity contribution >= 4 is 5.91 Å². The number of hydrogen-bond acceptors (Lipinski definition) is 3. The summed E-state index contributed by atoms with van der Waals surface area (Å²) in [4.78, 5) is 13.7. The number of nitrogens with zero attached hydrogens (tertiary/aromatic N) is 3. The number of aromatic nitrogens is 2. The molecule has 1 fully saturated rings. The predicted octanol–water partition coefficient (Wildman–Crippen LogP) is 0.257. The number of hydrogen-bond donors (Lipinski definition) is 1. The molecule has 1 saturated heterocycles. The summed E-state index contributed by atoms with van der Waals surface area (Å²) in [6.45, 7) is 1.47. The number of carbonyl (C=O) groups excluding carboxylic acids is 1. The first-order valence-corrected chi connectivity index (χ1v) is 5.69. The molecule has 5 nitrogen and oxygen atoms in total. The highest BCUT2D eigenvalue weighted by atomic mass is 16.3. The molecule has 16 heavy (non-hydrogen) atoms. The Morgan fingerprint density at radius 3 is 3.12 bits per heavy atom. The third-order valence-electron chi connectivity index (χ3n) is 3.02. The van der Waals surface area contributed by atoms with Crippen molar-refractivity contribution in [1.82, 2.24) is 14.7 Å². The maximum Gasteiger partial charge on any atom is 0.224 e. The van der Waals surface area contributed by atoms with E-state index in [9.17, 15) is 4.79 Å². The zero-order chi connectivity index (χ0) is 11.4. The molecule has 5 heteroatoms. The highest BCUT2D eigenvalue weighted by Gasteiger charge is 2.27. The Balaban J connectivity index is 1.83. The molecule has 0 unspecified atom stereocenters. The maximum atomic E-state index is 11.9. The molecule has 0 radical (unpaired) electrons. The minimum atomic E-state index is 0.0325. The molecule has 0 bridgehead atoms. The lowest BCUT2D eigenvalue weighted by atomic mass is 10.2. The lowest BCUT2D eigenvalue weighted by molar-refractivity contribution is -0.133. The van der Waals surface area contributed by atoms with Crippen LogP contribution in [0.15, 0.2) is 18.5 Å². The van der Waals surface area contributed by atoms with Gasteiger partial charge in [0, 0.05) is 31.9 Å².